The Morgan fingerprint density at radius 1 is 1.70 bits per heavy atom. The highest BCUT2D eigenvalue weighted by Crippen LogP contribution is 2.25. The molecule has 10 heavy (non-hydrogen) atoms. The van der Waals surface area contributed by atoms with Gasteiger partial charge in [-0.15, -0.1) is 0 Å². The van der Waals surface area contributed by atoms with Gasteiger partial charge in [0.05, 0.1) is 0 Å². The van der Waals surface area contributed by atoms with Crippen LogP contribution in [0.2, 0.25) is 0 Å². The Bertz CT molecular complexity index is 184. The van der Waals surface area contributed by atoms with Crippen molar-refractivity contribution in [2.75, 3.05) is 6.67 Å². The fraction of sp³-hybridized carbons (Fsp3) is 0.429. The summed E-state index contributed by atoms with van der Waals surface area (Å²) < 4.78 is 25.2. The molecule has 0 N–H and O–H groups in total. The first-order valence-electron chi connectivity index (χ1n) is 3.00. The van der Waals surface area contributed by atoms with E-state index in [4.69, 9.17) is 0 Å². The van der Waals surface area contributed by atoms with E-state index in [9.17, 15) is 8.78 Å². The third-order valence-corrected chi connectivity index (χ3v) is 2.22. The molecule has 0 aromatic carbocycles. The first-order valence-corrected chi connectivity index (χ1v) is 3.79. The molecular formula is C7H7BrF2. The van der Waals surface area contributed by atoms with Crippen LogP contribution in [0.15, 0.2) is 22.2 Å². The zero-order chi connectivity index (χ0) is 7.56. The van der Waals surface area contributed by atoms with Crippen molar-refractivity contribution in [2.45, 2.75) is 12.6 Å². The van der Waals surface area contributed by atoms with Crippen LogP contribution in [0.1, 0.15) is 6.42 Å². The van der Waals surface area contributed by atoms with Gasteiger partial charge in [0, 0.05) is 10.9 Å². The average Bonchev–Trinajstić information content (AvgIpc) is 1.94. The van der Waals surface area contributed by atoms with Crippen LogP contribution in [0.25, 0.3) is 0 Å². The molecule has 3 heteroatoms. The monoisotopic (exact) mass is 208 g/mol. The molecule has 0 bridgehead atoms. The van der Waals surface area contributed by atoms with E-state index >= 15 is 0 Å². The lowest BCUT2D eigenvalue weighted by Crippen LogP contribution is -2.04. The van der Waals surface area contributed by atoms with Crippen molar-refractivity contribution >= 4 is 15.9 Å². The molecule has 0 spiro atoms. The lowest BCUT2D eigenvalue weighted by atomic mass is 10.1. The predicted molar refractivity (Wildman–Crippen MR) is 40.6 cm³/mol. The minimum Gasteiger partial charge on any atom is -0.246 e. The predicted octanol–water partition coefficient (Wildman–Crippen LogP) is 2.90. The molecule has 1 rings (SSSR count). The number of alkyl halides is 2. The Kier molecular flexibility index (Phi) is 2.60. The zero-order valence-corrected chi connectivity index (χ0v) is 6.87. The van der Waals surface area contributed by atoms with Crippen molar-refractivity contribution in [3.63, 3.8) is 0 Å². The van der Waals surface area contributed by atoms with E-state index < -0.39 is 12.8 Å². The lowest BCUT2D eigenvalue weighted by Gasteiger charge is -2.11. The van der Waals surface area contributed by atoms with Gasteiger partial charge in [-0.3, -0.25) is 0 Å². The van der Waals surface area contributed by atoms with Crippen molar-refractivity contribution in [3.05, 3.63) is 22.2 Å². The summed E-state index contributed by atoms with van der Waals surface area (Å²) in [7, 11) is 0. The number of halogens is 3. The van der Waals surface area contributed by atoms with Crippen molar-refractivity contribution in [1.29, 1.82) is 0 Å². The highest BCUT2D eigenvalue weighted by molar-refractivity contribution is 9.11. The maximum atomic E-state index is 12.5. The molecule has 0 amide bonds. The van der Waals surface area contributed by atoms with Gasteiger partial charge in [0.25, 0.3) is 0 Å². The maximum Gasteiger partial charge on any atom is 0.122 e. The van der Waals surface area contributed by atoms with E-state index in [0.29, 0.717) is 10.1 Å². The third-order valence-electron chi connectivity index (χ3n) is 1.39. The molecule has 56 valence electrons. The van der Waals surface area contributed by atoms with Crippen molar-refractivity contribution < 1.29 is 8.78 Å². The molecule has 0 fully saturated rings. The van der Waals surface area contributed by atoms with Crippen LogP contribution < -0.4 is 0 Å². The van der Waals surface area contributed by atoms with E-state index in [1.54, 1.807) is 6.08 Å². The molecular weight excluding hydrogens is 202 g/mol. The van der Waals surface area contributed by atoms with E-state index in [2.05, 4.69) is 15.9 Å². The molecule has 1 atom stereocenters. The topological polar surface area (TPSA) is 0 Å². The second kappa shape index (κ2) is 3.28. The highest BCUT2D eigenvalue weighted by Gasteiger charge is 2.13. The fourth-order valence-corrected chi connectivity index (χ4v) is 1.25. The standard InChI is InChI=1S/C7H7BrF2/c8-7-2-1-6(10)3-5(7)4-9/h1-2,6H,3-4H2. The summed E-state index contributed by atoms with van der Waals surface area (Å²) in [6.45, 7) is -0.564. The van der Waals surface area contributed by atoms with Crippen LogP contribution in [0, 0.1) is 0 Å². The summed E-state index contributed by atoms with van der Waals surface area (Å²) in [5.41, 5.74) is 0.509. The second-order valence-corrected chi connectivity index (χ2v) is 3.02. The Balaban J connectivity index is 2.74. The van der Waals surface area contributed by atoms with E-state index in [1.807, 2.05) is 0 Å². The zero-order valence-electron chi connectivity index (χ0n) is 5.28. The van der Waals surface area contributed by atoms with Gasteiger partial charge in [-0.05, 0) is 17.7 Å². The van der Waals surface area contributed by atoms with Crippen LogP contribution in [0.3, 0.4) is 0 Å². The van der Waals surface area contributed by atoms with Gasteiger partial charge < -0.3 is 0 Å². The fourth-order valence-electron chi connectivity index (χ4n) is 0.826. The Morgan fingerprint density at radius 3 is 2.90 bits per heavy atom. The van der Waals surface area contributed by atoms with E-state index in [-0.39, 0.29) is 6.42 Å². The van der Waals surface area contributed by atoms with Gasteiger partial charge in [0.1, 0.15) is 12.8 Å². The number of hydrogen-bond acceptors (Lipinski definition) is 0. The van der Waals surface area contributed by atoms with Gasteiger partial charge >= 0.3 is 0 Å². The molecule has 0 aromatic heterocycles. The SMILES string of the molecule is FCC1=C(Br)C=CC(F)C1. The van der Waals surface area contributed by atoms with Gasteiger partial charge in [-0.1, -0.05) is 15.9 Å². The van der Waals surface area contributed by atoms with Crippen molar-refractivity contribution in [3.8, 4) is 0 Å². The quantitative estimate of drug-likeness (QED) is 0.622. The average molecular weight is 209 g/mol. The Morgan fingerprint density at radius 2 is 2.40 bits per heavy atom. The van der Waals surface area contributed by atoms with Gasteiger partial charge in [0.15, 0.2) is 0 Å². The third kappa shape index (κ3) is 1.66. The Hall–Kier alpha value is -0.180. The molecule has 0 aliphatic heterocycles. The van der Waals surface area contributed by atoms with Gasteiger partial charge in [-0.25, -0.2) is 8.78 Å². The van der Waals surface area contributed by atoms with E-state index in [0.717, 1.165) is 0 Å². The largest absolute Gasteiger partial charge is 0.246 e. The number of allylic oxidation sites excluding steroid dienone is 4. The molecule has 0 heterocycles. The number of hydrogen-bond donors (Lipinski definition) is 0. The molecule has 0 aromatic rings. The highest BCUT2D eigenvalue weighted by atomic mass is 79.9. The van der Waals surface area contributed by atoms with Gasteiger partial charge in [0.2, 0.25) is 0 Å². The summed E-state index contributed by atoms with van der Waals surface area (Å²) >= 11 is 3.13. The molecule has 1 aliphatic carbocycles. The Labute approximate surface area is 66.7 Å². The number of rotatable bonds is 1. The smallest absolute Gasteiger partial charge is 0.122 e. The summed E-state index contributed by atoms with van der Waals surface area (Å²) in [5.74, 6) is 0. The van der Waals surface area contributed by atoms with E-state index in [1.165, 1.54) is 6.08 Å². The minimum absolute atomic E-state index is 0.188. The van der Waals surface area contributed by atoms with Crippen LogP contribution in [0.5, 0.6) is 0 Å². The maximum absolute atomic E-state index is 12.5. The molecule has 0 nitrogen and oxygen atoms in total. The molecule has 0 saturated heterocycles. The minimum atomic E-state index is -1.01. The summed E-state index contributed by atoms with van der Waals surface area (Å²) in [6.07, 6.45) is 2.16. The van der Waals surface area contributed by atoms with Crippen molar-refractivity contribution in [1.82, 2.24) is 0 Å². The van der Waals surface area contributed by atoms with Crippen LogP contribution in [-0.2, 0) is 0 Å². The van der Waals surface area contributed by atoms with Crippen LogP contribution >= 0.6 is 15.9 Å². The molecule has 1 aliphatic rings. The molecule has 0 saturated carbocycles. The summed E-state index contributed by atoms with van der Waals surface area (Å²) in [6, 6.07) is 0. The van der Waals surface area contributed by atoms with Gasteiger partial charge in [-0.2, -0.15) is 0 Å². The lowest BCUT2D eigenvalue weighted by molar-refractivity contribution is 0.382. The summed E-state index contributed by atoms with van der Waals surface area (Å²) in [4.78, 5) is 0. The van der Waals surface area contributed by atoms with Crippen LogP contribution in [-0.4, -0.2) is 12.8 Å². The summed E-state index contributed by atoms with van der Waals surface area (Å²) in [5, 5.41) is 0. The molecule has 0 radical (unpaired) electrons. The van der Waals surface area contributed by atoms with Crippen molar-refractivity contribution in [2.24, 2.45) is 0 Å². The second-order valence-electron chi connectivity index (χ2n) is 2.16. The molecule has 1 unspecified atom stereocenters. The normalized spacial score (nSPS) is 25.7. The first kappa shape index (κ1) is 7.92. The first-order chi connectivity index (χ1) is 4.74. The van der Waals surface area contributed by atoms with Crippen LogP contribution in [0.4, 0.5) is 8.78 Å².